The van der Waals surface area contributed by atoms with Crippen molar-refractivity contribution in [3.05, 3.63) is 85.0 Å². The molecule has 2 aliphatic heterocycles. The standard InChI is InChI=1S/C33H33FN10O2/c1-2-33(31(46)39-25-5-6-27-26(16-25)30(41-40-27)23-4-7-28(34)37-17-23)10-15-42(21-33)20-29(45)43-13-8-22(9-14-43)24-18-38-44(19-24)32-35-11-3-12-36-32/h3-8,11-12,16-19H,2,9-10,13-15,20-21H2,1H3,(H,39,46)(H,40,41). The highest BCUT2D eigenvalue weighted by Gasteiger charge is 2.43. The molecule has 0 aliphatic carbocycles. The third-order valence-corrected chi connectivity index (χ3v) is 9.04. The van der Waals surface area contributed by atoms with E-state index in [-0.39, 0.29) is 18.4 Å². The number of nitrogens with zero attached hydrogens (tertiary/aromatic N) is 8. The Morgan fingerprint density at radius 2 is 1.93 bits per heavy atom. The third-order valence-electron chi connectivity index (χ3n) is 9.04. The van der Waals surface area contributed by atoms with Crippen molar-refractivity contribution in [3.8, 4) is 17.2 Å². The minimum Gasteiger partial charge on any atom is -0.338 e. The van der Waals surface area contributed by atoms with Gasteiger partial charge in [-0.05, 0) is 67.8 Å². The second-order valence-corrected chi connectivity index (χ2v) is 11.8. The maximum Gasteiger partial charge on any atom is 0.250 e. The van der Waals surface area contributed by atoms with E-state index in [0.717, 1.165) is 28.5 Å². The third kappa shape index (κ3) is 5.76. The predicted molar refractivity (Wildman–Crippen MR) is 170 cm³/mol. The zero-order valence-electron chi connectivity index (χ0n) is 25.4. The summed E-state index contributed by atoms with van der Waals surface area (Å²) in [6, 6.07) is 10.2. The molecule has 12 nitrogen and oxygen atoms in total. The number of aromatic amines is 1. The van der Waals surface area contributed by atoms with E-state index in [0.29, 0.717) is 61.9 Å². The molecule has 0 radical (unpaired) electrons. The van der Waals surface area contributed by atoms with E-state index in [9.17, 15) is 14.0 Å². The van der Waals surface area contributed by atoms with E-state index < -0.39 is 11.4 Å². The van der Waals surface area contributed by atoms with Crippen molar-refractivity contribution in [3.63, 3.8) is 0 Å². The van der Waals surface area contributed by atoms with Crippen molar-refractivity contribution in [1.82, 2.24) is 44.7 Å². The largest absolute Gasteiger partial charge is 0.338 e. The maximum absolute atomic E-state index is 13.7. The molecule has 1 aromatic carbocycles. The van der Waals surface area contributed by atoms with Crippen LogP contribution >= 0.6 is 0 Å². The summed E-state index contributed by atoms with van der Waals surface area (Å²) in [5.74, 6) is -0.0540. The molecule has 6 heterocycles. The Kier molecular flexibility index (Phi) is 7.83. The number of amides is 2. The molecule has 13 heteroatoms. The first kappa shape index (κ1) is 29.4. The average Bonchev–Trinajstić information content (AvgIpc) is 3.85. The van der Waals surface area contributed by atoms with Gasteiger partial charge in [-0.15, -0.1) is 0 Å². The van der Waals surface area contributed by atoms with Gasteiger partial charge in [-0.25, -0.2) is 19.6 Å². The van der Waals surface area contributed by atoms with Crippen molar-refractivity contribution < 1.29 is 14.0 Å². The number of halogens is 1. The van der Waals surface area contributed by atoms with Gasteiger partial charge in [-0.3, -0.25) is 19.6 Å². The molecule has 234 valence electrons. The summed E-state index contributed by atoms with van der Waals surface area (Å²) < 4.78 is 15.0. The molecule has 2 amide bonds. The van der Waals surface area contributed by atoms with E-state index in [1.54, 1.807) is 35.4 Å². The molecule has 0 bridgehead atoms. The van der Waals surface area contributed by atoms with Gasteiger partial charge in [0.15, 0.2) is 0 Å². The van der Waals surface area contributed by atoms with Crippen LogP contribution < -0.4 is 5.32 Å². The van der Waals surface area contributed by atoms with Crippen LogP contribution in [0, 0.1) is 11.4 Å². The fraction of sp³-hybridized carbons (Fsp3) is 0.303. The summed E-state index contributed by atoms with van der Waals surface area (Å²) >= 11 is 0. The van der Waals surface area contributed by atoms with Gasteiger partial charge in [0, 0.05) is 66.6 Å². The second kappa shape index (κ2) is 12.2. The molecule has 46 heavy (non-hydrogen) atoms. The highest BCUT2D eigenvalue weighted by atomic mass is 19.1. The number of H-pyrrole nitrogens is 1. The first-order valence-corrected chi connectivity index (χ1v) is 15.3. The smallest absolute Gasteiger partial charge is 0.250 e. The molecule has 0 spiro atoms. The number of fused-ring (bicyclic) bond motifs is 1. The van der Waals surface area contributed by atoms with E-state index >= 15 is 0 Å². The Morgan fingerprint density at radius 3 is 2.70 bits per heavy atom. The molecular formula is C33H33FN10O2. The summed E-state index contributed by atoms with van der Waals surface area (Å²) in [5.41, 5.74) is 4.28. The lowest BCUT2D eigenvalue weighted by Crippen LogP contribution is -2.43. The normalized spacial score (nSPS) is 18.6. The van der Waals surface area contributed by atoms with Gasteiger partial charge < -0.3 is 10.2 Å². The fourth-order valence-corrected chi connectivity index (χ4v) is 6.28. The number of hydrogen-bond acceptors (Lipinski definition) is 8. The maximum atomic E-state index is 13.7. The lowest BCUT2D eigenvalue weighted by atomic mass is 9.83. The summed E-state index contributed by atoms with van der Waals surface area (Å²) in [4.78, 5) is 43.2. The number of anilines is 1. The van der Waals surface area contributed by atoms with Crippen molar-refractivity contribution in [2.75, 3.05) is 38.0 Å². The molecule has 7 rings (SSSR count). The molecular weight excluding hydrogens is 587 g/mol. The minimum atomic E-state index is -0.604. The molecule has 4 aromatic heterocycles. The van der Waals surface area contributed by atoms with Gasteiger partial charge in [0.1, 0.15) is 5.69 Å². The van der Waals surface area contributed by atoms with Crippen LogP contribution in [0.5, 0.6) is 0 Å². The summed E-state index contributed by atoms with van der Waals surface area (Å²) in [6.07, 6.45) is 12.6. The van der Waals surface area contributed by atoms with Crippen LogP contribution in [0.1, 0.15) is 31.7 Å². The zero-order valence-corrected chi connectivity index (χ0v) is 25.4. The number of nitrogens with one attached hydrogen (secondary N) is 2. The van der Waals surface area contributed by atoms with Crippen molar-refractivity contribution in [2.45, 2.75) is 26.2 Å². The van der Waals surface area contributed by atoms with Crippen molar-refractivity contribution >= 4 is 34.0 Å². The SMILES string of the molecule is CCC1(C(=O)Nc2ccc3[nH]nc(-c4ccc(F)nc4)c3c2)CCN(CC(=O)N2CC=C(c3cnn(-c4ncccn4)c3)CC2)C1. The van der Waals surface area contributed by atoms with Crippen LogP contribution in [0.4, 0.5) is 10.1 Å². The van der Waals surface area contributed by atoms with Gasteiger partial charge in [0.05, 0.1) is 23.7 Å². The summed E-state index contributed by atoms with van der Waals surface area (Å²) in [7, 11) is 0. The van der Waals surface area contributed by atoms with Gasteiger partial charge in [-0.1, -0.05) is 13.0 Å². The quantitative estimate of drug-likeness (QED) is 0.248. The van der Waals surface area contributed by atoms with Crippen LogP contribution in [0.3, 0.4) is 0 Å². The zero-order chi connectivity index (χ0) is 31.7. The summed E-state index contributed by atoms with van der Waals surface area (Å²) in [5, 5.41) is 15.7. The molecule has 2 aliphatic rings. The molecule has 1 unspecified atom stereocenters. The number of carbonyl (C=O) groups is 2. The van der Waals surface area contributed by atoms with Crippen LogP contribution in [-0.4, -0.2) is 89.3 Å². The Bertz CT molecular complexity index is 1920. The van der Waals surface area contributed by atoms with Crippen LogP contribution in [0.15, 0.2) is 73.5 Å². The average molecular weight is 621 g/mol. The van der Waals surface area contributed by atoms with Gasteiger partial charge >= 0.3 is 0 Å². The molecule has 0 saturated carbocycles. The number of carbonyl (C=O) groups excluding carboxylic acids is 2. The first-order valence-electron chi connectivity index (χ1n) is 15.3. The topological polar surface area (TPSA) is 138 Å². The molecule has 2 N–H and O–H groups in total. The number of rotatable bonds is 8. The van der Waals surface area contributed by atoms with E-state index in [1.807, 2.05) is 36.2 Å². The van der Waals surface area contributed by atoms with E-state index in [2.05, 4.69) is 46.5 Å². The Hall–Kier alpha value is -5.30. The Balaban J connectivity index is 0.968. The molecule has 1 atom stereocenters. The highest BCUT2D eigenvalue weighted by molar-refractivity contribution is 6.00. The number of aromatic nitrogens is 7. The van der Waals surface area contributed by atoms with Gasteiger partial charge in [0.25, 0.3) is 0 Å². The Morgan fingerprint density at radius 1 is 1.07 bits per heavy atom. The van der Waals surface area contributed by atoms with Crippen LogP contribution in [-0.2, 0) is 9.59 Å². The summed E-state index contributed by atoms with van der Waals surface area (Å²) in [6.45, 7) is 4.63. The lowest BCUT2D eigenvalue weighted by molar-refractivity contribution is -0.132. The number of pyridine rings is 1. The van der Waals surface area contributed by atoms with Crippen LogP contribution in [0.25, 0.3) is 33.7 Å². The predicted octanol–water partition coefficient (Wildman–Crippen LogP) is 4.10. The van der Waals surface area contributed by atoms with Gasteiger partial charge in [-0.2, -0.15) is 14.6 Å². The molecule has 1 fully saturated rings. The second-order valence-electron chi connectivity index (χ2n) is 11.8. The van der Waals surface area contributed by atoms with Gasteiger partial charge in [0.2, 0.25) is 23.7 Å². The highest BCUT2D eigenvalue weighted by Crippen LogP contribution is 2.36. The number of hydrogen-bond donors (Lipinski definition) is 2. The van der Waals surface area contributed by atoms with E-state index in [1.165, 1.54) is 12.3 Å². The number of likely N-dealkylation sites (tertiary alicyclic amines) is 1. The molecule has 5 aromatic rings. The lowest BCUT2D eigenvalue weighted by Gasteiger charge is -2.29. The first-order chi connectivity index (χ1) is 22.4. The fourth-order valence-electron chi connectivity index (χ4n) is 6.28. The minimum absolute atomic E-state index is 0.0595. The monoisotopic (exact) mass is 620 g/mol. The number of benzene rings is 1. The Labute approximate surface area is 264 Å². The van der Waals surface area contributed by atoms with Crippen molar-refractivity contribution in [2.24, 2.45) is 5.41 Å². The van der Waals surface area contributed by atoms with Crippen molar-refractivity contribution in [1.29, 1.82) is 0 Å². The van der Waals surface area contributed by atoms with E-state index in [4.69, 9.17) is 0 Å². The molecule has 1 saturated heterocycles. The van der Waals surface area contributed by atoms with Crippen LogP contribution in [0.2, 0.25) is 0 Å².